The van der Waals surface area contributed by atoms with E-state index in [4.69, 9.17) is 9.47 Å². The summed E-state index contributed by atoms with van der Waals surface area (Å²) < 4.78 is 22.8. The van der Waals surface area contributed by atoms with Crippen LogP contribution in [0.4, 0.5) is 4.39 Å². The molecule has 1 atom stereocenters. The largest absolute Gasteiger partial charge is 0.494 e. The molecule has 1 aromatic rings. The standard InChI is InChI=1S/C11H15FO3/c1-14-7-9(13)5-8-3-4-11(15-2)10(12)6-8/h3-4,6,9,13H,5,7H2,1-2H3. The molecular weight excluding hydrogens is 199 g/mol. The van der Waals surface area contributed by atoms with Crippen LogP contribution in [0.1, 0.15) is 5.56 Å². The molecule has 0 fully saturated rings. The molecule has 0 saturated heterocycles. The fraction of sp³-hybridized carbons (Fsp3) is 0.455. The van der Waals surface area contributed by atoms with Gasteiger partial charge in [-0.15, -0.1) is 0 Å². The molecule has 0 heterocycles. The second-order valence-electron chi connectivity index (χ2n) is 3.28. The van der Waals surface area contributed by atoms with Gasteiger partial charge in [0.15, 0.2) is 11.6 Å². The van der Waals surface area contributed by atoms with Gasteiger partial charge in [0.1, 0.15) is 0 Å². The molecule has 1 rings (SSSR count). The second-order valence-corrected chi connectivity index (χ2v) is 3.28. The Hall–Kier alpha value is -1.13. The van der Waals surface area contributed by atoms with Crippen LogP contribution in [0.25, 0.3) is 0 Å². The molecule has 1 unspecified atom stereocenters. The van der Waals surface area contributed by atoms with Gasteiger partial charge < -0.3 is 14.6 Å². The van der Waals surface area contributed by atoms with E-state index in [1.807, 2.05) is 0 Å². The zero-order chi connectivity index (χ0) is 11.3. The molecule has 0 spiro atoms. The van der Waals surface area contributed by atoms with Gasteiger partial charge in [0.25, 0.3) is 0 Å². The Morgan fingerprint density at radius 2 is 2.13 bits per heavy atom. The van der Waals surface area contributed by atoms with E-state index in [2.05, 4.69) is 0 Å². The van der Waals surface area contributed by atoms with Crippen molar-refractivity contribution in [1.82, 2.24) is 0 Å². The Morgan fingerprint density at radius 1 is 1.40 bits per heavy atom. The molecule has 0 aromatic heterocycles. The second kappa shape index (κ2) is 5.68. The zero-order valence-corrected chi connectivity index (χ0v) is 8.87. The molecule has 1 N–H and O–H groups in total. The third kappa shape index (κ3) is 3.49. The fourth-order valence-electron chi connectivity index (χ4n) is 1.36. The van der Waals surface area contributed by atoms with Crippen LogP contribution >= 0.6 is 0 Å². The molecule has 0 amide bonds. The summed E-state index contributed by atoms with van der Waals surface area (Å²) in [5.74, 6) is -0.209. The van der Waals surface area contributed by atoms with Gasteiger partial charge >= 0.3 is 0 Å². The Kier molecular flexibility index (Phi) is 4.52. The van der Waals surface area contributed by atoms with Crippen LogP contribution in [0.5, 0.6) is 5.75 Å². The summed E-state index contributed by atoms with van der Waals surface area (Å²) >= 11 is 0. The van der Waals surface area contributed by atoms with Gasteiger partial charge in [-0.1, -0.05) is 6.07 Å². The number of hydrogen-bond acceptors (Lipinski definition) is 3. The highest BCUT2D eigenvalue weighted by Crippen LogP contribution is 2.18. The first-order valence-electron chi connectivity index (χ1n) is 4.66. The van der Waals surface area contributed by atoms with Gasteiger partial charge in [0, 0.05) is 13.5 Å². The topological polar surface area (TPSA) is 38.7 Å². The molecule has 0 aliphatic rings. The van der Waals surface area contributed by atoms with Crippen LogP contribution in [-0.4, -0.2) is 32.0 Å². The van der Waals surface area contributed by atoms with Crippen molar-refractivity contribution >= 4 is 0 Å². The van der Waals surface area contributed by atoms with Crippen molar-refractivity contribution < 1.29 is 19.0 Å². The number of aliphatic hydroxyl groups excluding tert-OH is 1. The average molecular weight is 214 g/mol. The first-order chi connectivity index (χ1) is 7.17. The van der Waals surface area contributed by atoms with Crippen molar-refractivity contribution in [3.63, 3.8) is 0 Å². The summed E-state index contributed by atoms with van der Waals surface area (Å²) in [7, 11) is 2.93. The predicted molar refractivity (Wildman–Crippen MR) is 54.5 cm³/mol. The summed E-state index contributed by atoms with van der Waals surface area (Å²) in [6, 6.07) is 4.63. The quantitative estimate of drug-likeness (QED) is 0.804. The van der Waals surface area contributed by atoms with Crippen molar-refractivity contribution in [1.29, 1.82) is 0 Å². The maximum atomic E-state index is 13.2. The molecule has 3 nitrogen and oxygen atoms in total. The summed E-state index contributed by atoms with van der Waals surface area (Å²) in [6.07, 6.45) is -0.239. The van der Waals surface area contributed by atoms with E-state index in [1.54, 1.807) is 12.1 Å². The van der Waals surface area contributed by atoms with Gasteiger partial charge in [-0.05, 0) is 17.7 Å². The van der Waals surface area contributed by atoms with Crippen molar-refractivity contribution in [3.8, 4) is 5.75 Å². The number of ether oxygens (including phenoxy) is 2. The van der Waals surface area contributed by atoms with Crippen LogP contribution in [0.2, 0.25) is 0 Å². The van der Waals surface area contributed by atoms with E-state index in [0.29, 0.717) is 6.42 Å². The summed E-state index contributed by atoms with van der Waals surface area (Å²) in [5, 5.41) is 9.44. The molecular formula is C11H15FO3. The maximum Gasteiger partial charge on any atom is 0.165 e. The minimum atomic E-state index is -0.609. The van der Waals surface area contributed by atoms with E-state index in [1.165, 1.54) is 20.3 Å². The Balaban J connectivity index is 2.66. The lowest BCUT2D eigenvalue weighted by atomic mass is 10.1. The predicted octanol–water partition coefficient (Wildman–Crippen LogP) is 1.38. The van der Waals surface area contributed by atoms with Crippen molar-refractivity contribution in [3.05, 3.63) is 29.6 Å². The van der Waals surface area contributed by atoms with Crippen LogP contribution in [0.3, 0.4) is 0 Å². The average Bonchev–Trinajstić information content (AvgIpc) is 2.18. The fourth-order valence-corrected chi connectivity index (χ4v) is 1.36. The first-order valence-corrected chi connectivity index (χ1v) is 4.66. The molecule has 0 aliphatic heterocycles. The highest BCUT2D eigenvalue weighted by molar-refractivity contribution is 5.29. The third-order valence-corrected chi connectivity index (χ3v) is 2.05. The lowest BCUT2D eigenvalue weighted by Gasteiger charge is -2.10. The molecule has 4 heteroatoms. The number of halogens is 1. The number of benzene rings is 1. The van der Waals surface area contributed by atoms with Gasteiger partial charge in [-0.2, -0.15) is 0 Å². The lowest BCUT2D eigenvalue weighted by molar-refractivity contribution is 0.0650. The van der Waals surface area contributed by atoms with E-state index in [9.17, 15) is 9.50 Å². The van der Waals surface area contributed by atoms with Crippen molar-refractivity contribution in [2.24, 2.45) is 0 Å². The Bertz CT molecular complexity index is 315. The Labute approximate surface area is 88.4 Å². The normalized spacial score (nSPS) is 12.5. The molecule has 0 saturated carbocycles. The highest BCUT2D eigenvalue weighted by atomic mass is 19.1. The number of hydrogen-bond donors (Lipinski definition) is 1. The minimum Gasteiger partial charge on any atom is -0.494 e. The highest BCUT2D eigenvalue weighted by Gasteiger charge is 2.08. The van der Waals surface area contributed by atoms with E-state index < -0.39 is 11.9 Å². The monoisotopic (exact) mass is 214 g/mol. The molecule has 0 aliphatic carbocycles. The molecule has 84 valence electrons. The number of aliphatic hydroxyl groups is 1. The molecule has 15 heavy (non-hydrogen) atoms. The van der Waals surface area contributed by atoms with Gasteiger partial charge in [-0.3, -0.25) is 0 Å². The zero-order valence-electron chi connectivity index (χ0n) is 8.87. The van der Waals surface area contributed by atoms with Crippen molar-refractivity contribution in [2.45, 2.75) is 12.5 Å². The summed E-state index contributed by atoms with van der Waals surface area (Å²) in [4.78, 5) is 0. The van der Waals surface area contributed by atoms with Crippen LogP contribution in [0, 0.1) is 5.82 Å². The van der Waals surface area contributed by atoms with E-state index >= 15 is 0 Å². The Morgan fingerprint density at radius 3 is 2.67 bits per heavy atom. The van der Waals surface area contributed by atoms with Gasteiger partial charge in [0.2, 0.25) is 0 Å². The van der Waals surface area contributed by atoms with E-state index in [0.717, 1.165) is 5.56 Å². The third-order valence-electron chi connectivity index (χ3n) is 2.05. The summed E-state index contributed by atoms with van der Waals surface area (Å²) in [6.45, 7) is 0.244. The smallest absolute Gasteiger partial charge is 0.165 e. The van der Waals surface area contributed by atoms with Gasteiger partial charge in [0.05, 0.1) is 19.8 Å². The van der Waals surface area contributed by atoms with Crippen LogP contribution in [-0.2, 0) is 11.2 Å². The minimum absolute atomic E-state index is 0.208. The lowest BCUT2D eigenvalue weighted by Crippen LogP contribution is -2.16. The summed E-state index contributed by atoms with van der Waals surface area (Å²) in [5.41, 5.74) is 0.720. The molecule has 0 bridgehead atoms. The van der Waals surface area contributed by atoms with E-state index in [-0.39, 0.29) is 12.4 Å². The SMILES string of the molecule is COCC(O)Cc1ccc(OC)c(F)c1. The maximum absolute atomic E-state index is 13.2. The molecule has 0 radical (unpaired) electrons. The first kappa shape index (κ1) is 11.9. The van der Waals surface area contributed by atoms with Crippen molar-refractivity contribution in [2.75, 3.05) is 20.8 Å². The number of methoxy groups -OCH3 is 2. The van der Waals surface area contributed by atoms with Crippen LogP contribution in [0.15, 0.2) is 18.2 Å². The van der Waals surface area contributed by atoms with Crippen LogP contribution < -0.4 is 4.74 Å². The number of rotatable bonds is 5. The van der Waals surface area contributed by atoms with Gasteiger partial charge in [-0.25, -0.2) is 4.39 Å². The molecule has 1 aromatic carbocycles.